The SMILES string of the molecule is COC(=O)C(C)SCc1ccccc1OC(C)C. The number of hydrogen-bond acceptors (Lipinski definition) is 4. The minimum atomic E-state index is -0.192. The lowest BCUT2D eigenvalue weighted by Gasteiger charge is -2.15. The Labute approximate surface area is 113 Å². The molecule has 4 heteroatoms. The van der Waals surface area contributed by atoms with E-state index in [2.05, 4.69) is 0 Å². The van der Waals surface area contributed by atoms with Gasteiger partial charge in [0.25, 0.3) is 0 Å². The highest BCUT2D eigenvalue weighted by Gasteiger charge is 2.14. The van der Waals surface area contributed by atoms with Gasteiger partial charge in [-0.1, -0.05) is 18.2 Å². The molecular weight excluding hydrogens is 248 g/mol. The van der Waals surface area contributed by atoms with Gasteiger partial charge in [-0.25, -0.2) is 0 Å². The van der Waals surface area contributed by atoms with Crippen LogP contribution in [0.4, 0.5) is 0 Å². The minimum absolute atomic E-state index is 0.147. The van der Waals surface area contributed by atoms with Gasteiger partial charge in [0, 0.05) is 11.3 Å². The first-order valence-electron chi connectivity index (χ1n) is 5.98. The highest BCUT2D eigenvalue weighted by Crippen LogP contribution is 2.26. The zero-order valence-electron chi connectivity index (χ0n) is 11.3. The monoisotopic (exact) mass is 268 g/mol. The van der Waals surface area contributed by atoms with Crippen molar-refractivity contribution in [3.8, 4) is 5.75 Å². The van der Waals surface area contributed by atoms with Crippen LogP contribution in [0.3, 0.4) is 0 Å². The molecule has 1 aromatic carbocycles. The quantitative estimate of drug-likeness (QED) is 0.742. The van der Waals surface area contributed by atoms with Crippen LogP contribution in [0, 0.1) is 0 Å². The molecule has 1 rings (SSSR count). The maximum Gasteiger partial charge on any atom is 0.318 e. The second-order valence-corrected chi connectivity index (χ2v) is 5.58. The van der Waals surface area contributed by atoms with E-state index >= 15 is 0 Å². The van der Waals surface area contributed by atoms with Gasteiger partial charge in [-0.05, 0) is 26.8 Å². The van der Waals surface area contributed by atoms with Gasteiger partial charge in [0.2, 0.25) is 0 Å². The van der Waals surface area contributed by atoms with Crippen LogP contribution in [0.15, 0.2) is 24.3 Å². The lowest BCUT2D eigenvalue weighted by atomic mass is 10.2. The summed E-state index contributed by atoms with van der Waals surface area (Å²) in [4.78, 5) is 11.3. The number of hydrogen-bond donors (Lipinski definition) is 0. The summed E-state index contributed by atoms with van der Waals surface area (Å²) >= 11 is 1.55. The zero-order chi connectivity index (χ0) is 13.5. The molecule has 0 aromatic heterocycles. The number of carbonyl (C=O) groups excluding carboxylic acids is 1. The third kappa shape index (κ3) is 4.61. The van der Waals surface area contributed by atoms with Crippen molar-refractivity contribution in [3.63, 3.8) is 0 Å². The minimum Gasteiger partial charge on any atom is -0.491 e. The molecule has 1 atom stereocenters. The van der Waals surface area contributed by atoms with Crippen molar-refractivity contribution in [3.05, 3.63) is 29.8 Å². The highest BCUT2D eigenvalue weighted by molar-refractivity contribution is 7.99. The molecular formula is C14H20O3S. The molecule has 0 saturated carbocycles. The summed E-state index contributed by atoms with van der Waals surface area (Å²) in [7, 11) is 1.41. The maximum absolute atomic E-state index is 11.3. The number of thioether (sulfide) groups is 1. The van der Waals surface area contributed by atoms with Crippen LogP contribution < -0.4 is 4.74 Å². The van der Waals surface area contributed by atoms with E-state index in [1.807, 2.05) is 45.0 Å². The predicted molar refractivity (Wildman–Crippen MR) is 75.0 cm³/mol. The Balaban J connectivity index is 2.64. The smallest absolute Gasteiger partial charge is 0.318 e. The first-order chi connectivity index (χ1) is 8.54. The van der Waals surface area contributed by atoms with Crippen molar-refractivity contribution in [2.75, 3.05) is 7.11 Å². The number of para-hydroxylation sites is 1. The fourth-order valence-corrected chi connectivity index (χ4v) is 2.34. The topological polar surface area (TPSA) is 35.5 Å². The summed E-state index contributed by atoms with van der Waals surface area (Å²) in [5.41, 5.74) is 1.10. The van der Waals surface area contributed by atoms with E-state index in [9.17, 15) is 4.79 Å². The van der Waals surface area contributed by atoms with E-state index in [-0.39, 0.29) is 17.3 Å². The Kier molecular flexibility index (Phi) is 6.05. The number of carbonyl (C=O) groups is 1. The van der Waals surface area contributed by atoms with Crippen LogP contribution in [-0.4, -0.2) is 24.4 Å². The van der Waals surface area contributed by atoms with Crippen LogP contribution in [-0.2, 0) is 15.3 Å². The van der Waals surface area contributed by atoms with E-state index in [0.29, 0.717) is 0 Å². The largest absolute Gasteiger partial charge is 0.491 e. The van der Waals surface area contributed by atoms with Crippen molar-refractivity contribution in [2.24, 2.45) is 0 Å². The van der Waals surface area contributed by atoms with E-state index < -0.39 is 0 Å². The van der Waals surface area contributed by atoms with Crippen LogP contribution in [0.2, 0.25) is 0 Å². The molecule has 0 saturated heterocycles. The summed E-state index contributed by atoms with van der Waals surface area (Å²) in [5, 5.41) is -0.165. The highest BCUT2D eigenvalue weighted by atomic mass is 32.2. The first-order valence-corrected chi connectivity index (χ1v) is 7.03. The fourth-order valence-electron chi connectivity index (χ4n) is 1.44. The molecule has 0 bridgehead atoms. The molecule has 0 fully saturated rings. The molecule has 1 unspecified atom stereocenters. The molecule has 0 spiro atoms. The zero-order valence-corrected chi connectivity index (χ0v) is 12.1. The second-order valence-electron chi connectivity index (χ2n) is 4.25. The summed E-state index contributed by atoms with van der Waals surface area (Å²) < 4.78 is 10.4. The van der Waals surface area contributed by atoms with Crippen LogP contribution >= 0.6 is 11.8 Å². The van der Waals surface area contributed by atoms with Crippen molar-refractivity contribution in [1.29, 1.82) is 0 Å². The number of rotatable bonds is 6. The van der Waals surface area contributed by atoms with Crippen LogP contribution in [0.5, 0.6) is 5.75 Å². The van der Waals surface area contributed by atoms with Crippen LogP contribution in [0.25, 0.3) is 0 Å². The van der Waals surface area contributed by atoms with E-state index in [1.165, 1.54) is 7.11 Å². The molecule has 100 valence electrons. The third-order valence-electron chi connectivity index (χ3n) is 2.36. The molecule has 18 heavy (non-hydrogen) atoms. The van der Waals surface area contributed by atoms with E-state index in [4.69, 9.17) is 9.47 Å². The summed E-state index contributed by atoms with van der Waals surface area (Å²) in [5.74, 6) is 1.43. The summed E-state index contributed by atoms with van der Waals surface area (Å²) in [6, 6.07) is 7.91. The third-order valence-corrected chi connectivity index (χ3v) is 3.53. The summed E-state index contributed by atoms with van der Waals surface area (Å²) in [6.07, 6.45) is 0.147. The Hall–Kier alpha value is -1.16. The van der Waals surface area contributed by atoms with Gasteiger partial charge >= 0.3 is 5.97 Å². The van der Waals surface area contributed by atoms with Crippen molar-refractivity contribution in [2.45, 2.75) is 37.9 Å². The Morgan fingerprint density at radius 3 is 2.56 bits per heavy atom. The van der Waals surface area contributed by atoms with Gasteiger partial charge in [-0.2, -0.15) is 0 Å². The average Bonchev–Trinajstić information content (AvgIpc) is 2.35. The van der Waals surface area contributed by atoms with Gasteiger partial charge in [-0.15, -0.1) is 11.8 Å². The summed E-state index contributed by atoms with van der Waals surface area (Å²) in [6.45, 7) is 5.85. The molecule has 0 aliphatic heterocycles. The van der Waals surface area contributed by atoms with Crippen molar-refractivity contribution in [1.82, 2.24) is 0 Å². The predicted octanol–water partition coefficient (Wildman–Crippen LogP) is 3.27. The number of methoxy groups -OCH3 is 1. The Bertz CT molecular complexity index is 390. The molecule has 1 aromatic rings. The maximum atomic E-state index is 11.3. The lowest BCUT2D eigenvalue weighted by Crippen LogP contribution is -2.15. The number of ether oxygens (including phenoxy) is 2. The van der Waals surface area contributed by atoms with E-state index in [1.54, 1.807) is 11.8 Å². The standard InChI is InChI=1S/C14H20O3S/c1-10(2)17-13-8-6-5-7-12(13)9-18-11(3)14(15)16-4/h5-8,10-11H,9H2,1-4H3. The Morgan fingerprint density at radius 2 is 1.94 bits per heavy atom. The molecule has 0 radical (unpaired) electrons. The van der Waals surface area contributed by atoms with Gasteiger partial charge in [-0.3, -0.25) is 4.79 Å². The molecule has 0 aliphatic rings. The Morgan fingerprint density at radius 1 is 1.28 bits per heavy atom. The van der Waals surface area contributed by atoms with Crippen molar-refractivity contribution < 1.29 is 14.3 Å². The van der Waals surface area contributed by atoms with Gasteiger partial charge in [0.1, 0.15) is 5.75 Å². The lowest BCUT2D eigenvalue weighted by molar-refractivity contribution is -0.139. The molecule has 0 aliphatic carbocycles. The normalized spacial score (nSPS) is 12.3. The number of benzene rings is 1. The van der Waals surface area contributed by atoms with Crippen LogP contribution in [0.1, 0.15) is 26.3 Å². The molecule has 0 N–H and O–H groups in total. The fraction of sp³-hybridized carbons (Fsp3) is 0.500. The average molecular weight is 268 g/mol. The second kappa shape index (κ2) is 7.31. The van der Waals surface area contributed by atoms with Gasteiger partial charge in [0.05, 0.1) is 18.5 Å². The van der Waals surface area contributed by atoms with Gasteiger partial charge in [0.15, 0.2) is 0 Å². The molecule has 0 amide bonds. The van der Waals surface area contributed by atoms with Gasteiger partial charge < -0.3 is 9.47 Å². The molecule has 0 heterocycles. The van der Waals surface area contributed by atoms with E-state index in [0.717, 1.165) is 17.1 Å². The van der Waals surface area contributed by atoms with Crippen molar-refractivity contribution >= 4 is 17.7 Å². The first kappa shape index (κ1) is 14.9. The molecule has 3 nitrogen and oxygen atoms in total. The number of esters is 1.